The van der Waals surface area contributed by atoms with Gasteiger partial charge in [0.2, 0.25) is 5.91 Å². The van der Waals surface area contributed by atoms with Crippen LogP contribution in [0, 0.1) is 13.8 Å². The minimum atomic E-state index is -0.298. The number of amides is 1. The molecule has 0 saturated heterocycles. The van der Waals surface area contributed by atoms with Crippen LogP contribution in [0.4, 0.5) is 0 Å². The smallest absolute Gasteiger partial charge is 0.233 e. The van der Waals surface area contributed by atoms with Crippen molar-refractivity contribution in [2.75, 3.05) is 0 Å². The minimum absolute atomic E-state index is 0.0257. The molecular formula is C22H27NO2S. The number of fused-ring (bicyclic) bond motifs is 1. The summed E-state index contributed by atoms with van der Waals surface area (Å²) in [6, 6.07) is 14.4. The van der Waals surface area contributed by atoms with Crippen LogP contribution in [0.5, 0.6) is 5.75 Å². The number of ether oxygens (including phenoxy) is 1. The first kappa shape index (κ1) is 18.8. The van der Waals surface area contributed by atoms with Crippen LogP contribution in [0.3, 0.4) is 0 Å². The molecule has 1 heterocycles. The standard InChI is InChI=1S/C22H27NO2S/c1-14-6-9-17(10-7-14)26-16(3)21(24)23-19-13-22(4,5)25-20-11-8-15(2)12-18(19)20/h6-12,16,19H,13H2,1-5H3,(H,23,24)/t16-,19+/m0/s1. The molecule has 3 rings (SSSR count). The number of benzene rings is 2. The van der Waals surface area contributed by atoms with E-state index in [1.54, 1.807) is 11.8 Å². The zero-order valence-corrected chi connectivity index (χ0v) is 16.9. The molecule has 1 aliphatic heterocycles. The molecule has 1 amide bonds. The zero-order valence-electron chi connectivity index (χ0n) is 16.1. The normalized spacial score (nSPS) is 19.2. The fourth-order valence-corrected chi connectivity index (χ4v) is 4.14. The Balaban J connectivity index is 1.74. The highest BCUT2D eigenvalue weighted by Gasteiger charge is 2.35. The summed E-state index contributed by atoms with van der Waals surface area (Å²) in [5.41, 5.74) is 3.18. The van der Waals surface area contributed by atoms with Gasteiger partial charge < -0.3 is 10.1 Å². The summed E-state index contributed by atoms with van der Waals surface area (Å²) in [7, 11) is 0. The van der Waals surface area contributed by atoms with Crippen LogP contribution in [0.25, 0.3) is 0 Å². The van der Waals surface area contributed by atoms with Crippen molar-refractivity contribution in [2.45, 2.75) is 62.8 Å². The largest absolute Gasteiger partial charge is 0.487 e. The Bertz CT molecular complexity index is 798. The highest BCUT2D eigenvalue weighted by molar-refractivity contribution is 8.00. The Kier molecular flexibility index (Phi) is 5.33. The van der Waals surface area contributed by atoms with Gasteiger partial charge in [-0.3, -0.25) is 4.79 Å². The molecule has 2 atom stereocenters. The van der Waals surface area contributed by atoms with E-state index in [9.17, 15) is 4.79 Å². The monoisotopic (exact) mass is 369 g/mol. The third kappa shape index (κ3) is 4.42. The van der Waals surface area contributed by atoms with Crippen molar-refractivity contribution in [2.24, 2.45) is 0 Å². The van der Waals surface area contributed by atoms with Crippen LogP contribution >= 0.6 is 11.8 Å². The highest BCUT2D eigenvalue weighted by atomic mass is 32.2. The van der Waals surface area contributed by atoms with Gasteiger partial charge in [-0.05, 0) is 52.8 Å². The lowest BCUT2D eigenvalue weighted by molar-refractivity contribution is -0.121. The molecule has 138 valence electrons. The highest BCUT2D eigenvalue weighted by Crippen LogP contribution is 2.40. The van der Waals surface area contributed by atoms with Crippen molar-refractivity contribution in [3.05, 3.63) is 59.2 Å². The molecule has 2 aromatic rings. The third-order valence-corrected chi connectivity index (χ3v) is 5.75. The second-order valence-electron chi connectivity index (χ2n) is 7.74. The summed E-state index contributed by atoms with van der Waals surface area (Å²) in [5, 5.41) is 3.09. The first-order valence-electron chi connectivity index (χ1n) is 9.07. The maximum absolute atomic E-state index is 12.8. The van der Waals surface area contributed by atoms with Crippen LogP contribution in [0.15, 0.2) is 47.4 Å². The van der Waals surface area contributed by atoms with E-state index in [4.69, 9.17) is 4.74 Å². The van der Waals surface area contributed by atoms with Crippen molar-refractivity contribution in [3.63, 3.8) is 0 Å². The number of hydrogen-bond acceptors (Lipinski definition) is 3. The molecular weight excluding hydrogens is 342 g/mol. The van der Waals surface area contributed by atoms with Gasteiger partial charge in [-0.2, -0.15) is 0 Å². The molecule has 3 nitrogen and oxygen atoms in total. The molecule has 26 heavy (non-hydrogen) atoms. The molecule has 0 spiro atoms. The molecule has 4 heteroatoms. The van der Waals surface area contributed by atoms with E-state index in [0.29, 0.717) is 0 Å². The van der Waals surface area contributed by atoms with E-state index in [2.05, 4.69) is 69.4 Å². The van der Waals surface area contributed by atoms with E-state index in [1.165, 1.54) is 11.1 Å². The lowest BCUT2D eigenvalue weighted by atomic mass is 9.89. The summed E-state index contributed by atoms with van der Waals surface area (Å²) in [4.78, 5) is 13.9. The molecule has 1 N–H and O–H groups in total. The average Bonchev–Trinajstić information content (AvgIpc) is 2.57. The summed E-state index contributed by atoms with van der Waals surface area (Å²) in [6.07, 6.45) is 0.761. The molecule has 0 aromatic heterocycles. The molecule has 2 aromatic carbocycles. The Labute approximate surface area is 160 Å². The summed E-state index contributed by atoms with van der Waals surface area (Å²) in [5.74, 6) is 0.932. The van der Waals surface area contributed by atoms with Crippen LogP contribution < -0.4 is 10.1 Å². The third-order valence-electron chi connectivity index (χ3n) is 4.64. The van der Waals surface area contributed by atoms with Gasteiger partial charge in [0.25, 0.3) is 0 Å². The molecule has 0 unspecified atom stereocenters. The predicted octanol–water partition coefficient (Wildman–Crippen LogP) is 5.20. The lowest BCUT2D eigenvalue weighted by Crippen LogP contribution is -2.43. The van der Waals surface area contributed by atoms with E-state index in [1.807, 2.05) is 13.0 Å². The van der Waals surface area contributed by atoms with Gasteiger partial charge >= 0.3 is 0 Å². The number of aryl methyl sites for hydroxylation is 2. The zero-order chi connectivity index (χ0) is 18.9. The maximum atomic E-state index is 12.8. The Morgan fingerprint density at radius 2 is 1.81 bits per heavy atom. The molecule has 0 bridgehead atoms. The van der Waals surface area contributed by atoms with E-state index in [0.717, 1.165) is 22.6 Å². The number of hydrogen-bond donors (Lipinski definition) is 1. The second kappa shape index (κ2) is 7.36. The Morgan fingerprint density at radius 1 is 1.15 bits per heavy atom. The van der Waals surface area contributed by atoms with Crippen molar-refractivity contribution in [1.82, 2.24) is 5.32 Å². The van der Waals surface area contributed by atoms with E-state index >= 15 is 0 Å². The first-order chi connectivity index (χ1) is 12.2. The van der Waals surface area contributed by atoms with Gasteiger partial charge in [0.15, 0.2) is 0 Å². The van der Waals surface area contributed by atoms with Gasteiger partial charge in [0.1, 0.15) is 11.4 Å². The molecule has 0 aliphatic carbocycles. The molecule has 1 aliphatic rings. The van der Waals surface area contributed by atoms with Gasteiger partial charge in [-0.25, -0.2) is 0 Å². The van der Waals surface area contributed by atoms with Gasteiger partial charge in [-0.1, -0.05) is 35.4 Å². The second-order valence-corrected chi connectivity index (χ2v) is 9.16. The molecule has 0 saturated carbocycles. The van der Waals surface area contributed by atoms with Gasteiger partial charge in [0, 0.05) is 16.9 Å². The minimum Gasteiger partial charge on any atom is -0.487 e. The van der Waals surface area contributed by atoms with Crippen LogP contribution in [-0.4, -0.2) is 16.8 Å². The SMILES string of the molecule is Cc1ccc(S[C@@H](C)C(=O)N[C@@H]2CC(C)(C)Oc3ccc(C)cc32)cc1. The van der Waals surface area contributed by atoms with Crippen molar-refractivity contribution in [1.29, 1.82) is 0 Å². The fourth-order valence-electron chi connectivity index (χ4n) is 3.27. The van der Waals surface area contributed by atoms with E-state index in [-0.39, 0.29) is 22.8 Å². The van der Waals surface area contributed by atoms with Crippen LogP contribution in [0.2, 0.25) is 0 Å². The Hall–Kier alpha value is -1.94. The predicted molar refractivity (Wildman–Crippen MR) is 108 cm³/mol. The maximum Gasteiger partial charge on any atom is 0.233 e. The van der Waals surface area contributed by atoms with Gasteiger partial charge in [0.05, 0.1) is 11.3 Å². The van der Waals surface area contributed by atoms with Crippen LogP contribution in [-0.2, 0) is 4.79 Å². The van der Waals surface area contributed by atoms with Crippen LogP contribution in [0.1, 0.15) is 49.9 Å². The lowest BCUT2D eigenvalue weighted by Gasteiger charge is -2.38. The number of carbonyl (C=O) groups excluding carboxylic acids is 1. The van der Waals surface area contributed by atoms with Crippen molar-refractivity contribution >= 4 is 17.7 Å². The molecule has 0 radical (unpaired) electrons. The van der Waals surface area contributed by atoms with Crippen molar-refractivity contribution in [3.8, 4) is 5.75 Å². The summed E-state index contributed by atoms with van der Waals surface area (Å²) >= 11 is 1.59. The molecule has 0 fully saturated rings. The first-order valence-corrected chi connectivity index (χ1v) is 9.95. The number of carbonyl (C=O) groups is 1. The van der Waals surface area contributed by atoms with Gasteiger partial charge in [-0.15, -0.1) is 11.8 Å². The number of nitrogens with one attached hydrogen (secondary N) is 1. The summed E-state index contributed by atoms with van der Waals surface area (Å²) < 4.78 is 6.10. The number of thioether (sulfide) groups is 1. The topological polar surface area (TPSA) is 38.3 Å². The van der Waals surface area contributed by atoms with E-state index < -0.39 is 0 Å². The average molecular weight is 370 g/mol. The Morgan fingerprint density at radius 3 is 2.50 bits per heavy atom. The number of rotatable bonds is 4. The fraction of sp³-hybridized carbons (Fsp3) is 0.409. The van der Waals surface area contributed by atoms with Crippen molar-refractivity contribution < 1.29 is 9.53 Å². The summed E-state index contributed by atoms with van der Waals surface area (Å²) in [6.45, 7) is 10.2. The quantitative estimate of drug-likeness (QED) is 0.753.